The third kappa shape index (κ3) is 2.24. The van der Waals surface area contributed by atoms with Gasteiger partial charge in [0.25, 0.3) is 0 Å². The summed E-state index contributed by atoms with van der Waals surface area (Å²) in [7, 11) is 0. The zero-order chi connectivity index (χ0) is 7.83. The Hall–Kier alpha value is 1.50. The Morgan fingerprint density at radius 2 is 2.30 bits per heavy atom. The SMILES string of the molecule is CSP1(=S)OCC(Cl)(Cl)O1. The second-order valence-electron chi connectivity index (χ2n) is 1.63. The van der Waals surface area contributed by atoms with Gasteiger partial charge in [0.2, 0.25) is 10.2 Å². The van der Waals surface area contributed by atoms with Crippen LogP contribution in [0.4, 0.5) is 0 Å². The first-order valence-electron chi connectivity index (χ1n) is 2.36. The second kappa shape index (κ2) is 3.09. The Morgan fingerprint density at radius 3 is 2.50 bits per heavy atom. The molecular formula is C3H5Cl2O2PS2. The molecule has 10 heavy (non-hydrogen) atoms. The van der Waals surface area contributed by atoms with Crippen LogP contribution in [-0.4, -0.2) is 17.4 Å². The monoisotopic (exact) mass is 238 g/mol. The van der Waals surface area contributed by atoms with E-state index < -0.39 is 10.2 Å². The molecule has 1 atom stereocenters. The van der Waals surface area contributed by atoms with E-state index in [1.807, 2.05) is 6.26 Å². The molecule has 0 aliphatic carbocycles. The molecule has 1 unspecified atom stereocenters. The summed E-state index contributed by atoms with van der Waals surface area (Å²) in [6.07, 6.45) is 1.82. The van der Waals surface area contributed by atoms with Gasteiger partial charge in [-0.2, -0.15) is 0 Å². The summed E-state index contributed by atoms with van der Waals surface area (Å²) in [6, 6.07) is 0. The Labute approximate surface area is 78.5 Å². The van der Waals surface area contributed by atoms with E-state index in [9.17, 15) is 0 Å². The lowest BCUT2D eigenvalue weighted by atomic mass is 10.8. The first-order valence-corrected chi connectivity index (χ1v) is 7.59. The van der Waals surface area contributed by atoms with E-state index >= 15 is 0 Å². The highest BCUT2D eigenvalue weighted by atomic mass is 35.5. The van der Waals surface area contributed by atoms with E-state index in [0.29, 0.717) is 0 Å². The zero-order valence-electron chi connectivity index (χ0n) is 5.04. The number of hydrogen-bond donors (Lipinski definition) is 0. The van der Waals surface area contributed by atoms with Crippen molar-refractivity contribution < 1.29 is 9.05 Å². The molecule has 1 aliphatic heterocycles. The van der Waals surface area contributed by atoms with Crippen LogP contribution in [0.5, 0.6) is 0 Å². The molecule has 1 aliphatic rings. The number of halogens is 2. The Bertz CT molecular complexity index is 185. The third-order valence-electron chi connectivity index (χ3n) is 0.860. The van der Waals surface area contributed by atoms with Crippen molar-refractivity contribution in [3.05, 3.63) is 0 Å². The predicted molar refractivity (Wildman–Crippen MR) is 49.3 cm³/mol. The molecule has 0 spiro atoms. The molecule has 0 bridgehead atoms. The minimum absolute atomic E-state index is 0.161. The summed E-state index contributed by atoms with van der Waals surface area (Å²) >= 11 is 17.5. The van der Waals surface area contributed by atoms with Crippen LogP contribution in [-0.2, 0) is 20.9 Å². The first kappa shape index (κ1) is 9.59. The Kier molecular flexibility index (Phi) is 2.97. The van der Waals surface area contributed by atoms with Crippen LogP contribution >= 0.6 is 40.3 Å². The van der Waals surface area contributed by atoms with Crippen molar-refractivity contribution in [2.75, 3.05) is 12.9 Å². The van der Waals surface area contributed by atoms with Gasteiger partial charge in [-0.1, -0.05) is 34.6 Å². The minimum Gasteiger partial charge on any atom is -0.316 e. The predicted octanol–water partition coefficient (Wildman–Crippen LogP) is 2.75. The van der Waals surface area contributed by atoms with Crippen LogP contribution in [0.15, 0.2) is 0 Å². The summed E-state index contributed by atoms with van der Waals surface area (Å²) in [4.78, 5) is 0. The van der Waals surface area contributed by atoms with Crippen molar-refractivity contribution in [3.8, 4) is 0 Å². The molecule has 1 saturated heterocycles. The fraction of sp³-hybridized carbons (Fsp3) is 1.00. The Balaban J connectivity index is 2.67. The van der Waals surface area contributed by atoms with Crippen molar-refractivity contribution in [2.24, 2.45) is 0 Å². The van der Waals surface area contributed by atoms with E-state index in [4.69, 9.17) is 44.1 Å². The van der Waals surface area contributed by atoms with Gasteiger partial charge in [0.15, 0.2) is 0 Å². The van der Waals surface area contributed by atoms with Gasteiger partial charge < -0.3 is 4.52 Å². The number of alkyl halides is 2. The van der Waals surface area contributed by atoms with Gasteiger partial charge in [-0.3, -0.25) is 4.52 Å². The van der Waals surface area contributed by atoms with Crippen LogP contribution in [0.25, 0.3) is 0 Å². The Morgan fingerprint density at radius 1 is 1.70 bits per heavy atom. The van der Waals surface area contributed by atoms with Gasteiger partial charge in [-0.25, -0.2) is 0 Å². The lowest BCUT2D eigenvalue weighted by Crippen LogP contribution is -2.12. The van der Waals surface area contributed by atoms with Gasteiger partial charge >= 0.3 is 0 Å². The average Bonchev–Trinajstić information content (AvgIpc) is 2.08. The minimum atomic E-state index is -2.19. The van der Waals surface area contributed by atoms with Crippen molar-refractivity contribution in [2.45, 2.75) is 4.52 Å². The quantitative estimate of drug-likeness (QED) is 0.517. The fourth-order valence-corrected chi connectivity index (χ4v) is 4.37. The summed E-state index contributed by atoms with van der Waals surface area (Å²) in [6.45, 7) is 0.161. The standard InChI is InChI=1S/C3H5Cl2O2PS2/c1-10-8(9)6-2-3(4,5)7-8/h2H2,1H3. The molecule has 0 radical (unpaired) electrons. The lowest BCUT2D eigenvalue weighted by molar-refractivity contribution is 0.285. The summed E-state index contributed by atoms with van der Waals surface area (Å²) in [5.41, 5.74) is -2.19. The molecule has 7 heteroatoms. The maximum absolute atomic E-state index is 5.60. The maximum Gasteiger partial charge on any atom is 0.250 e. The number of rotatable bonds is 1. The van der Waals surface area contributed by atoms with E-state index in [0.717, 1.165) is 0 Å². The maximum atomic E-state index is 5.60. The van der Waals surface area contributed by atoms with E-state index in [-0.39, 0.29) is 6.61 Å². The molecule has 60 valence electrons. The first-order chi connectivity index (χ1) is 4.47. The van der Waals surface area contributed by atoms with Crippen molar-refractivity contribution in [3.63, 3.8) is 0 Å². The zero-order valence-corrected chi connectivity index (χ0v) is 9.08. The highest BCUT2D eigenvalue weighted by molar-refractivity contribution is 8.67. The summed E-state index contributed by atoms with van der Waals surface area (Å²) in [5, 5.41) is 0. The van der Waals surface area contributed by atoms with Crippen molar-refractivity contribution >= 4 is 52.1 Å². The fourth-order valence-electron chi connectivity index (χ4n) is 0.460. The molecule has 2 nitrogen and oxygen atoms in total. The average molecular weight is 239 g/mol. The molecule has 0 N–H and O–H groups in total. The van der Waals surface area contributed by atoms with Crippen LogP contribution in [0.3, 0.4) is 0 Å². The smallest absolute Gasteiger partial charge is 0.250 e. The van der Waals surface area contributed by atoms with Gasteiger partial charge in [0, 0.05) is 0 Å². The molecule has 0 saturated carbocycles. The highest BCUT2D eigenvalue weighted by Crippen LogP contribution is 2.67. The van der Waals surface area contributed by atoms with Crippen LogP contribution in [0.1, 0.15) is 0 Å². The van der Waals surface area contributed by atoms with E-state index in [1.165, 1.54) is 11.4 Å². The molecule has 1 heterocycles. The second-order valence-corrected chi connectivity index (χ2v) is 9.42. The summed E-state index contributed by atoms with van der Waals surface area (Å²) in [5.74, 6) is 0. The molecule has 0 amide bonds. The van der Waals surface area contributed by atoms with Gasteiger partial charge in [-0.05, 0) is 18.1 Å². The molecule has 1 fully saturated rings. The third-order valence-corrected chi connectivity index (χ3v) is 6.64. The molecular weight excluding hydrogens is 234 g/mol. The molecule has 1 rings (SSSR count). The number of hydrogen-bond acceptors (Lipinski definition) is 4. The van der Waals surface area contributed by atoms with E-state index in [1.54, 1.807) is 0 Å². The summed E-state index contributed by atoms with van der Waals surface area (Å²) < 4.78 is 8.97. The molecule has 0 aromatic heterocycles. The van der Waals surface area contributed by atoms with Crippen LogP contribution in [0.2, 0.25) is 0 Å². The lowest BCUT2D eigenvalue weighted by Gasteiger charge is -2.11. The van der Waals surface area contributed by atoms with Crippen molar-refractivity contribution in [1.29, 1.82) is 0 Å². The van der Waals surface area contributed by atoms with Crippen molar-refractivity contribution in [1.82, 2.24) is 0 Å². The normalized spacial score (nSPS) is 38.3. The van der Waals surface area contributed by atoms with Crippen LogP contribution < -0.4 is 0 Å². The van der Waals surface area contributed by atoms with Crippen LogP contribution in [0, 0.1) is 0 Å². The van der Waals surface area contributed by atoms with Gasteiger partial charge in [0.05, 0.1) is 0 Å². The molecule has 0 aromatic rings. The highest BCUT2D eigenvalue weighted by Gasteiger charge is 2.42. The molecule has 0 aromatic carbocycles. The van der Waals surface area contributed by atoms with Gasteiger partial charge in [-0.15, -0.1) is 0 Å². The largest absolute Gasteiger partial charge is 0.316 e. The van der Waals surface area contributed by atoms with Gasteiger partial charge in [0.1, 0.15) is 6.61 Å². The topological polar surface area (TPSA) is 18.5 Å². The van der Waals surface area contributed by atoms with E-state index in [2.05, 4.69) is 0 Å².